The first kappa shape index (κ1) is 82.0. The van der Waals surface area contributed by atoms with E-state index in [0.717, 1.165) is 60.3 Å². The molecule has 1 fully saturated rings. The van der Waals surface area contributed by atoms with Gasteiger partial charge in [0.05, 0.1) is 16.9 Å². The number of H-pyrrole nitrogens is 1. The van der Waals surface area contributed by atoms with Crippen molar-refractivity contribution in [3.05, 3.63) is 215 Å². The number of ether oxygens (including phenoxy) is 2. The van der Waals surface area contributed by atoms with Gasteiger partial charge in [0, 0.05) is 66.1 Å². The van der Waals surface area contributed by atoms with Crippen LogP contribution in [0.3, 0.4) is 0 Å². The number of phenols is 1. The molecule has 27 heteroatoms. The van der Waals surface area contributed by atoms with Crippen molar-refractivity contribution >= 4 is 109 Å². The van der Waals surface area contributed by atoms with E-state index in [1.165, 1.54) is 30.8 Å². The quantitative estimate of drug-likeness (QED) is 0.0153. The van der Waals surface area contributed by atoms with Crippen molar-refractivity contribution in [1.29, 1.82) is 0 Å². The Balaban J connectivity index is 1.10. The smallest absolute Gasteiger partial charge is 0.408 e. The Kier molecular flexibility index (Phi) is 28.9. The lowest BCUT2D eigenvalue weighted by Gasteiger charge is -2.36. The monoisotopic (exact) mass is 1530 g/mol. The van der Waals surface area contributed by atoms with Crippen LogP contribution in [0.4, 0.5) is 9.59 Å². The zero-order valence-corrected chi connectivity index (χ0v) is 64.0. The van der Waals surface area contributed by atoms with Crippen molar-refractivity contribution in [2.75, 3.05) is 23.8 Å². The van der Waals surface area contributed by atoms with Crippen molar-refractivity contribution in [3.63, 3.8) is 0 Å². The maximum Gasteiger partial charge on any atom is 0.408 e. The van der Waals surface area contributed by atoms with Gasteiger partial charge < -0.3 is 72.9 Å². The van der Waals surface area contributed by atoms with Gasteiger partial charge in [-0.25, -0.2) is 9.59 Å². The number of ketones is 1. The number of fused-ring (bicyclic) bond motifs is 2. The van der Waals surface area contributed by atoms with Crippen molar-refractivity contribution < 1.29 is 67.6 Å². The second kappa shape index (κ2) is 38.1. The van der Waals surface area contributed by atoms with Crippen LogP contribution in [-0.2, 0) is 71.8 Å². The molecule has 572 valence electrons. The lowest BCUT2D eigenvalue weighted by molar-refractivity contribution is -0.137. The topological polar surface area (TPSA) is 368 Å². The van der Waals surface area contributed by atoms with Gasteiger partial charge in [-0.15, -0.1) is 11.8 Å². The highest BCUT2D eigenvalue weighted by atomic mass is 33.1. The average Bonchev–Trinajstić information content (AvgIpc) is 0.975. The van der Waals surface area contributed by atoms with Crippen molar-refractivity contribution in [1.82, 2.24) is 47.5 Å². The van der Waals surface area contributed by atoms with Gasteiger partial charge in [0.1, 0.15) is 53.2 Å². The van der Waals surface area contributed by atoms with Gasteiger partial charge in [0.2, 0.25) is 41.4 Å². The number of aromatic hydroxyl groups is 1. The molecule has 0 bridgehead atoms. The van der Waals surface area contributed by atoms with Crippen molar-refractivity contribution in [3.8, 4) is 5.75 Å². The molecular weight excluding hydrogens is 1430 g/mol. The number of aliphatic hydroxyl groups excluding tert-OH is 1. The van der Waals surface area contributed by atoms with E-state index in [9.17, 15) is 24.6 Å². The highest BCUT2D eigenvalue weighted by Gasteiger charge is 2.41. The minimum atomic E-state index is -1.82. The number of alkyl carbamates (subject to hydrolysis) is 2. The number of rotatable bonds is 24. The first-order valence-electron chi connectivity index (χ1n) is 36.0. The summed E-state index contributed by atoms with van der Waals surface area (Å²) < 4.78 is 10.1. The minimum Gasteiger partial charge on any atom is -0.508 e. The fourth-order valence-electron chi connectivity index (χ4n) is 12.8. The second-order valence-electron chi connectivity index (χ2n) is 28.8. The number of aromatic nitrogens is 1. The van der Waals surface area contributed by atoms with Gasteiger partial charge in [0.25, 0.3) is 0 Å². The van der Waals surface area contributed by atoms with E-state index in [2.05, 4.69) is 47.5 Å². The van der Waals surface area contributed by atoms with E-state index in [1.807, 2.05) is 146 Å². The lowest BCUT2D eigenvalue weighted by atomic mass is 9.84. The molecule has 9 amide bonds. The number of primary amides is 1. The summed E-state index contributed by atoms with van der Waals surface area (Å²) in [6.45, 7) is 11.4. The Hall–Kier alpha value is -10.1. The number of hydrogen-bond donors (Lipinski definition) is 12. The number of nitrogens with two attached hydrogens (primary N) is 1. The summed E-state index contributed by atoms with van der Waals surface area (Å²) in [5.74, 6) is -9.10. The lowest BCUT2D eigenvalue weighted by Crippen LogP contribution is -2.62. The zero-order valence-electron chi connectivity index (χ0n) is 61.5. The number of aliphatic hydroxyl groups is 1. The fraction of sp³-hybridized carbons (Fsp3) is 0.383. The number of hydrogen-bond acceptors (Lipinski definition) is 17. The van der Waals surface area contributed by atoms with Crippen LogP contribution in [0.25, 0.3) is 16.5 Å². The SMILES string of the molecule is C[C@@H](O)[C@@H]1NC(=O)[C@H](CCCCNC(=O)OC(C)(C)C)NC(=O)[C@@H](CC2=CCc3ccccc32)NC(=O)[C@H](Cc2ccc(O)cc2)CC(=O)[C@@H](NC(=O)[C@@H](Cc2c[nH]c3ccccc23)NC(=O)OC(C)(C)C)CSSC[C@@H](C(=O)N[C@@H](CSC(c2ccccc2)(c2ccccc2)c2ccccc2)C(N)=O)NC1=O. The van der Waals surface area contributed by atoms with Gasteiger partial charge >= 0.3 is 12.2 Å². The Labute approximate surface area is 641 Å². The number of carbonyl (C=O) groups is 10. The summed E-state index contributed by atoms with van der Waals surface area (Å²) in [6, 6.07) is 39.1. The maximum absolute atomic E-state index is 15.6. The van der Waals surface area contributed by atoms with Crippen LogP contribution in [0.15, 0.2) is 176 Å². The molecule has 1 saturated heterocycles. The summed E-state index contributed by atoms with van der Waals surface area (Å²) in [5, 5.41) is 44.9. The molecule has 2 aliphatic rings. The van der Waals surface area contributed by atoms with Crippen LogP contribution in [0.5, 0.6) is 5.75 Å². The zero-order chi connectivity index (χ0) is 77.7. The molecule has 24 nitrogen and oxygen atoms in total. The maximum atomic E-state index is 15.6. The van der Waals surface area contributed by atoms with E-state index in [-0.39, 0.29) is 68.1 Å². The molecular formula is C81H96N10O14S3. The molecule has 9 atom stereocenters. The van der Waals surface area contributed by atoms with E-state index in [0.29, 0.717) is 23.1 Å². The highest BCUT2D eigenvalue weighted by molar-refractivity contribution is 8.76. The van der Waals surface area contributed by atoms with Crippen LogP contribution >= 0.6 is 33.3 Å². The first-order valence-corrected chi connectivity index (χ1v) is 39.4. The Morgan fingerprint density at radius 1 is 0.639 bits per heavy atom. The van der Waals surface area contributed by atoms with Gasteiger partial charge in [-0.1, -0.05) is 173 Å². The number of carbonyl (C=O) groups excluding carboxylic acids is 10. The third kappa shape index (κ3) is 23.2. The Morgan fingerprint density at radius 2 is 1.22 bits per heavy atom. The highest BCUT2D eigenvalue weighted by Crippen LogP contribution is 2.49. The van der Waals surface area contributed by atoms with E-state index < -0.39 is 136 Å². The Bertz CT molecular complexity index is 4230. The Morgan fingerprint density at radius 3 is 1.85 bits per heavy atom. The fourth-order valence-corrected chi connectivity index (χ4v) is 16.7. The first-order chi connectivity index (χ1) is 51.5. The van der Waals surface area contributed by atoms with Crippen LogP contribution in [-0.4, -0.2) is 158 Å². The molecule has 1 aliphatic carbocycles. The van der Waals surface area contributed by atoms with Gasteiger partial charge in [-0.3, -0.25) is 38.4 Å². The molecule has 6 aromatic carbocycles. The molecule has 13 N–H and O–H groups in total. The summed E-state index contributed by atoms with van der Waals surface area (Å²) in [5.41, 5.74) is 11.3. The molecule has 108 heavy (non-hydrogen) atoms. The number of amides is 9. The van der Waals surface area contributed by atoms with Crippen molar-refractivity contribution in [2.24, 2.45) is 11.7 Å². The summed E-state index contributed by atoms with van der Waals surface area (Å²) in [7, 11) is 1.97. The number of phenolic OH excluding ortho intramolecular Hbond substituents is 1. The van der Waals surface area contributed by atoms with E-state index >= 15 is 33.6 Å². The summed E-state index contributed by atoms with van der Waals surface area (Å²) >= 11 is 1.34. The van der Waals surface area contributed by atoms with Crippen LogP contribution in [0, 0.1) is 5.92 Å². The summed E-state index contributed by atoms with van der Waals surface area (Å²) in [4.78, 5) is 151. The van der Waals surface area contributed by atoms with Gasteiger partial charge in [0.15, 0.2) is 5.78 Å². The molecule has 0 radical (unpaired) electrons. The van der Waals surface area contributed by atoms with Crippen LogP contribution in [0.1, 0.15) is 120 Å². The number of allylic oxidation sites excluding steroid dienone is 1. The third-order valence-corrected chi connectivity index (χ3v) is 22.2. The number of nitrogens with one attached hydrogen (secondary N) is 9. The minimum absolute atomic E-state index is 0.0759. The number of unbranched alkanes of at least 4 members (excludes halogenated alkanes) is 1. The predicted octanol–water partition coefficient (Wildman–Crippen LogP) is 8.75. The predicted molar refractivity (Wildman–Crippen MR) is 420 cm³/mol. The number of aromatic amines is 1. The number of Topliss-reactive ketones (excluding diaryl/α,β-unsaturated/α-hetero) is 1. The number of thioether (sulfide) groups is 1. The molecule has 1 aliphatic heterocycles. The molecule has 0 spiro atoms. The molecule has 1 aromatic heterocycles. The van der Waals surface area contributed by atoms with Crippen LogP contribution < -0.4 is 48.3 Å². The standard InChI is InChI=1S/C81H96N10O14S3/c1-49(92)69-76(101)89-67(75(100)88-66(70(82)95)46-106-81(55-24-11-8-12-25-55,56-26-13-9-14-27-56)57-28-15-10-16-29-57)48-108-107-47-65(87-74(99)64(90-78(103)105-80(5,6)7)43-54-45-84-61-32-20-19-31-60(54)61)68(94)44-53(41-50-34-38-58(93)39-35-50)71(96)86-63(42-52-37-36-51-23-17-18-30-59(51)52)73(98)85-62(72(97)91-69)33-21-22-40-83-77(102)104-79(2,3)4/h8-20,23-32,34-35,37-39,45,49,53,62-67,69,84,92-93H,21-22,33,36,40-44,46-48H2,1-7H3,(H2,82,95)(H,83,102)(H,85,98)(H,86,96)(H,87,99)(H,88,100)(H,89,101)(H,90,103)(H,91,97)/t49-,53-,62+,63-,64-,65+,66+,67+,69+/m1/s1. The van der Waals surface area contributed by atoms with Crippen molar-refractivity contribution in [2.45, 2.75) is 164 Å². The summed E-state index contributed by atoms with van der Waals surface area (Å²) in [6.07, 6.45) is 0.214. The van der Waals surface area contributed by atoms with Gasteiger partial charge in [-0.2, -0.15) is 0 Å². The molecule has 7 aromatic rings. The molecule has 0 saturated carbocycles. The van der Waals surface area contributed by atoms with E-state index in [4.69, 9.17) is 15.2 Å². The normalized spacial score (nSPS) is 19.4. The molecule has 0 unspecified atom stereocenters. The van der Waals surface area contributed by atoms with E-state index in [1.54, 1.807) is 59.9 Å². The third-order valence-electron chi connectivity index (χ3n) is 18.2. The largest absolute Gasteiger partial charge is 0.508 e. The average molecular weight is 1530 g/mol. The molecule has 2 heterocycles. The van der Waals surface area contributed by atoms with Crippen LogP contribution in [0.2, 0.25) is 0 Å². The number of para-hydroxylation sites is 1. The number of benzene rings is 6. The molecule has 9 rings (SSSR count). The van der Waals surface area contributed by atoms with Gasteiger partial charge in [-0.05, 0) is 143 Å². The second-order valence-corrected chi connectivity index (χ2v) is 32.6.